The summed E-state index contributed by atoms with van der Waals surface area (Å²) in [6.07, 6.45) is 2.84. The fourth-order valence-corrected chi connectivity index (χ4v) is 11.8. The molecule has 0 amide bonds. The van der Waals surface area contributed by atoms with Crippen molar-refractivity contribution in [3.05, 3.63) is 11.6 Å². The molecule has 2 unspecified atom stereocenters. The minimum atomic E-state index is -1.65. The van der Waals surface area contributed by atoms with Crippen molar-refractivity contribution >= 4 is 11.8 Å². The number of ether oxygens (including phenoxy) is 8. The van der Waals surface area contributed by atoms with Crippen molar-refractivity contribution in [3.63, 3.8) is 0 Å². The van der Waals surface area contributed by atoms with Gasteiger partial charge in [0.1, 0.15) is 5.60 Å². The fourth-order valence-electron chi connectivity index (χ4n) is 11.8. The zero-order valence-electron chi connectivity index (χ0n) is 38.8. The van der Waals surface area contributed by atoms with Gasteiger partial charge >= 0.3 is 5.97 Å². The summed E-state index contributed by atoms with van der Waals surface area (Å²) in [5.41, 5.74) is -0.548. The van der Waals surface area contributed by atoms with Crippen LogP contribution in [0, 0.1) is 47.3 Å². The molecule has 0 aromatic rings. The zero-order valence-corrected chi connectivity index (χ0v) is 38.8. The van der Waals surface area contributed by atoms with Gasteiger partial charge in [-0.1, -0.05) is 61.5 Å². The molecule has 2 spiro atoms. The van der Waals surface area contributed by atoms with Crippen molar-refractivity contribution in [1.82, 2.24) is 0 Å². The molecular formula is C47H78O14. The summed E-state index contributed by atoms with van der Waals surface area (Å²) in [7, 11) is 1.69. The smallest absolute Gasteiger partial charge is 0.306 e. The van der Waals surface area contributed by atoms with E-state index in [0.29, 0.717) is 37.7 Å². The maximum atomic E-state index is 13.4. The van der Waals surface area contributed by atoms with Gasteiger partial charge in [-0.25, -0.2) is 0 Å². The highest BCUT2D eigenvalue weighted by Gasteiger charge is 2.66. The van der Waals surface area contributed by atoms with Crippen LogP contribution in [0.2, 0.25) is 0 Å². The molecule has 14 heteroatoms. The standard InChI is InChI=1S/C47H78O14/c1-24(40(50)25(2)18-28(5)43(51)52)17-26(3)41-32(9)34(49)21-45(59-41)22-38(56-39-16-14-35(54-12)33(10)55-39)44(11,61-45)37-15-13-29(6)47(58-37)31(8)20-36(57-47)42-27(4)19-30(7)46(53,23-48)60-42/h17,25-39,41-42,48-49,53H,13-16,18-23H2,1-12H3,(H,51,52)/b24-17+/t25-,26+,27+,28+,29-,30-,31+,32-,33-,34+,35+,36-,37?,38-,39+,41?,42+,44-,45+,46+,47-/m1/s1. The molecule has 14 nitrogen and oxygen atoms in total. The van der Waals surface area contributed by atoms with E-state index in [0.717, 1.165) is 12.8 Å². The number of methoxy groups -OCH3 is 1. The molecule has 6 rings (SSSR count). The number of Topliss-reactive ketones (excluding diaryl/α,β-unsaturated/α-hetero) is 1. The maximum Gasteiger partial charge on any atom is 0.306 e. The lowest BCUT2D eigenvalue weighted by Gasteiger charge is -2.52. The van der Waals surface area contributed by atoms with E-state index in [-0.39, 0.29) is 72.4 Å². The van der Waals surface area contributed by atoms with E-state index in [1.165, 1.54) is 0 Å². The Bertz CT molecular complexity index is 1570. The van der Waals surface area contributed by atoms with Crippen molar-refractivity contribution < 1.29 is 67.9 Å². The molecule has 6 aliphatic heterocycles. The molecule has 0 aliphatic carbocycles. The molecule has 4 N–H and O–H groups in total. The van der Waals surface area contributed by atoms with Crippen LogP contribution >= 0.6 is 0 Å². The normalized spacial score (nSPS) is 48.6. The van der Waals surface area contributed by atoms with Gasteiger partial charge in [-0.2, -0.15) is 0 Å². The Morgan fingerprint density at radius 1 is 0.885 bits per heavy atom. The molecule has 0 saturated carbocycles. The summed E-state index contributed by atoms with van der Waals surface area (Å²) in [5.74, 6) is -6.78. The van der Waals surface area contributed by atoms with Gasteiger partial charge in [0.05, 0.1) is 61.4 Å². The van der Waals surface area contributed by atoms with Crippen LogP contribution in [0.25, 0.3) is 0 Å². The first-order valence-electron chi connectivity index (χ1n) is 23.2. The first-order valence-corrected chi connectivity index (χ1v) is 23.2. The van der Waals surface area contributed by atoms with Gasteiger partial charge in [0.2, 0.25) is 0 Å². The lowest BCUT2D eigenvalue weighted by Crippen LogP contribution is -2.61. The second-order valence-electron chi connectivity index (χ2n) is 20.6. The van der Waals surface area contributed by atoms with Gasteiger partial charge in [0, 0.05) is 61.9 Å². The van der Waals surface area contributed by atoms with E-state index in [9.17, 15) is 30.0 Å². The molecule has 6 aliphatic rings. The van der Waals surface area contributed by atoms with Crippen LogP contribution in [0.3, 0.4) is 0 Å². The first kappa shape index (κ1) is 48.9. The zero-order chi connectivity index (χ0) is 45.0. The third-order valence-electron chi connectivity index (χ3n) is 15.8. The minimum Gasteiger partial charge on any atom is -0.481 e. The molecule has 61 heavy (non-hydrogen) atoms. The second-order valence-corrected chi connectivity index (χ2v) is 20.6. The predicted octanol–water partition coefficient (Wildman–Crippen LogP) is 6.15. The summed E-state index contributed by atoms with van der Waals surface area (Å²) in [6, 6.07) is 0. The third-order valence-corrected chi connectivity index (χ3v) is 15.8. The number of aliphatic carboxylic acids is 1. The summed E-state index contributed by atoms with van der Waals surface area (Å²) in [5, 5.41) is 42.6. The van der Waals surface area contributed by atoms with Crippen molar-refractivity contribution in [2.24, 2.45) is 47.3 Å². The number of aliphatic hydroxyl groups excluding tert-OH is 2. The molecule has 0 aromatic heterocycles. The van der Waals surface area contributed by atoms with Crippen LogP contribution in [0.1, 0.15) is 134 Å². The minimum absolute atomic E-state index is 0.0248. The number of carbonyl (C=O) groups excluding carboxylic acids is 1. The topological polar surface area (TPSA) is 189 Å². The number of rotatable bonds is 13. The van der Waals surface area contributed by atoms with E-state index in [4.69, 9.17) is 37.9 Å². The summed E-state index contributed by atoms with van der Waals surface area (Å²) in [4.78, 5) is 24.9. The molecule has 350 valence electrons. The Morgan fingerprint density at radius 3 is 2.23 bits per heavy atom. The van der Waals surface area contributed by atoms with Gasteiger partial charge in [-0.05, 0) is 70.8 Å². The average molecular weight is 867 g/mol. The van der Waals surface area contributed by atoms with Crippen molar-refractivity contribution in [1.29, 1.82) is 0 Å². The molecule has 0 aromatic carbocycles. The van der Waals surface area contributed by atoms with Crippen molar-refractivity contribution in [2.75, 3.05) is 13.7 Å². The third kappa shape index (κ3) is 9.57. The summed E-state index contributed by atoms with van der Waals surface area (Å²) in [6.45, 7) is 20.9. The SMILES string of the molecule is CO[C@H]1CC[C@H](O[C@@H]2C[C@]3(C[C@H](O)[C@@H](C)C([C@@H](C)/C=C(\C)C(=O)[C@H](C)C[C@H](C)C(=O)O)O3)O[C@]2(C)C2CC[C@@H](C)[C@]3(O2)O[C@@H]([C@H]2O[C@@](O)(CO)[C@H](C)C[C@@H]2C)C[C@@H]3C)O[C@@H]1C. The highest BCUT2D eigenvalue weighted by atomic mass is 16.8. The van der Waals surface area contributed by atoms with Crippen molar-refractivity contribution in [2.45, 2.75) is 212 Å². The van der Waals surface area contributed by atoms with Crippen LogP contribution < -0.4 is 0 Å². The summed E-state index contributed by atoms with van der Waals surface area (Å²) >= 11 is 0. The number of carbonyl (C=O) groups is 2. The first-order chi connectivity index (χ1) is 28.5. The van der Waals surface area contributed by atoms with E-state index in [2.05, 4.69) is 20.8 Å². The van der Waals surface area contributed by atoms with Crippen molar-refractivity contribution in [3.8, 4) is 0 Å². The highest BCUT2D eigenvalue weighted by molar-refractivity contribution is 5.96. The Labute approximate surface area is 363 Å². The van der Waals surface area contributed by atoms with E-state index < -0.39 is 84.2 Å². The molecule has 0 bridgehead atoms. The van der Waals surface area contributed by atoms with Gasteiger partial charge in [0.15, 0.2) is 29.4 Å². The number of aliphatic hydroxyl groups is 3. The number of carboxylic acids is 1. The van der Waals surface area contributed by atoms with Gasteiger partial charge < -0.3 is 58.3 Å². The van der Waals surface area contributed by atoms with Crippen LogP contribution in [0.5, 0.6) is 0 Å². The van der Waals surface area contributed by atoms with E-state index in [1.807, 2.05) is 40.7 Å². The Morgan fingerprint density at radius 2 is 1.59 bits per heavy atom. The van der Waals surface area contributed by atoms with Crippen LogP contribution in [-0.2, 0) is 47.5 Å². The Kier molecular flexibility index (Phi) is 15.0. The number of carboxylic acid groups (broad SMARTS) is 1. The van der Waals surface area contributed by atoms with Crippen LogP contribution in [0.15, 0.2) is 11.6 Å². The Balaban J connectivity index is 1.27. The molecule has 0 radical (unpaired) electrons. The number of hydrogen-bond donors (Lipinski definition) is 4. The largest absolute Gasteiger partial charge is 0.481 e. The Hall–Kier alpha value is -1.56. The van der Waals surface area contributed by atoms with Gasteiger partial charge in [-0.3, -0.25) is 9.59 Å². The molecule has 6 saturated heterocycles. The predicted molar refractivity (Wildman–Crippen MR) is 224 cm³/mol. The van der Waals surface area contributed by atoms with Crippen LogP contribution in [0.4, 0.5) is 0 Å². The summed E-state index contributed by atoms with van der Waals surface area (Å²) < 4.78 is 54.1. The molecule has 6 fully saturated rings. The molecule has 21 atom stereocenters. The fraction of sp³-hybridized carbons (Fsp3) is 0.915. The monoisotopic (exact) mass is 867 g/mol. The lowest BCUT2D eigenvalue weighted by molar-refractivity contribution is -0.378. The van der Waals surface area contributed by atoms with Crippen LogP contribution in [-0.4, -0.2) is 124 Å². The number of ketones is 1. The number of hydrogen-bond acceptors (Lipinski definition) is 13. The quantitative estimate of drug-likeness (QED) is 0.154. The number of allylic oxidation sites excluding steroid dienone is 1. The highest BCUT2D eigenvalue weighted by Crippen LogP contribution is 2.57. The molecule has 6 heterocycles. The molecular weight excluding hydrogens is 789 g/mol. The average Bonchev–Trinajstić information content (AvgIpc) is 3.67. The van der Waals surface area contributed by atoms with Gasteiger partial charge in [0.25, 0.3) is 0 Å². The van der Waals surface area contributed by atoms with E-state index >= 15 is 0 Å². The lowest BCUT2D eigenvalue weighted by atomic mass is 9.77. The van der Waals surface area contributed by atoms with Gasteiger partial charge in [-0.15, -0.1) is 0 Å². The maximum absolute atomic E-state index is 13.4. The van der Waals surface area contributed by atoms with E-state index in [1.54, 1.807) is 27.9 Å². The second kappa shape index (κ2) is 18.7.